The Hall–Kier alpha value is -1.79. The van der Waals surface area contributed by atoms with Crippen molar-refractivity contribution in [1.82, 2.24) is 0 Å². The van der Waals surface area contributed by atoms with Crippen molar-refractivity contribution in [3.05, 3.63) is 28.8 Å². The van der Waals surface area contributed by atoms with E-state index >= 15 is 0 Å². The summed E-state index contributed by atoms with van der Waals surface area (Å²) in [5, 5.41) is 11.9. The van der Waals surface area contributed by atoms with Gasteiger partial charge in [-0.2, -0.15) is 0 Å². The maximum absolute atomic E-state index is 8.83. The molecule has 23 heavy (non-hydrogen) atoms. The molecule has 0 atom stereocenters. The van der Waals surface area contributed by atoms with Crippen molar-refractivity contribution in [3.8, 4) is 5.75 Å². The van der Waals surface area contributed by atoms with Gasteiger partial charge in [-0.15, -0.1) is 0 Å². The Morgan fingerprint density at radius 1 is 1.39 bits per heavy atom. The van der Waals surface area contributed by atoms with Gasteiger partial charge in [0.2, 0.25) is 0 Å². The van der Waals surface area contributed by atoms with E-state index in [1.165, 1.54) is 0 Å². The lowest BCUT2D eigenvalue weighted by Gasteiger charge is -2.35. The third-order valence-corrected chi connectivity index (χ3v) is 3.93. The number of oxime groups is 1. The van der Waals surface area contributed by atoms with Crippen LogP contribution in [0.1, 0.15) is 37.5 Å². The Morgan fingerprint density at radius 2 is 2.04 bits per heavy atom. The quantitative estimate of drug-likeness (QED) is 0.376. The number of ether oxygens (including phenoxy) is 3. The maximum Gasteiger partial charge on any atom is 0.170 e. The van der Waals surface area contributed by atoms with Crippen LogP contribution in [0, 0.1) is 12.8 Å². The van der Waals surface area contributed by atoms with Crippen LogP contribution in [0.3, 0.4) is 0 Å². The zero-order valence-corrected chi connectivity index (χ0v) is 14.3. The minimum Gasteiger partial charge on any atom is -0.493 e. The second-order valence-electron chi connectivity index (χ2n) is 6.32. The normalized spacial score (nSPS) is 18.9. The summed E-state index contributed by atoms with van der Waals surface area (Å²) in [4.78, 5) is 0. The second kappa shape index (κ2) is 7.19. The van der Waals surface area contributed by atoms with E-state index in [1.807, 2.05) is 39.8 Å². The first-order valence-electron chi connectivity index (χ1n) is 7.88. The second-order valence-corrected chi connectivity index (χ2v) is 6.32. The highest BCUT2D eigenvalue weighted by Gasteiger charge is 2.28. The van der Waals surface area contributed by atoms with Crippen molar-refractivity contribution >= 4 is 5.84 Å². The Labute approximate surface area is 137 Å². The van der Waals surface area contributed by atoms with Crippen molar-refractivity contribution < 1.29 is 19.4 Å². The SMILES string of the molecule is CCc1cc(C(N)=NO)cc(C)c1OCC1COC(C)(C)OC1. The third-order valence-electron chi connectivity index (χ3n) is 3.93. The zero-order chi connectivity index (χ0) is 17.0. The van der Waals surface area contributed by atoms with E-state index < -0.39 is 5.79 Å². The predicted octanol–water partition coefficient (Wildman–Crippen LogP) is 2.43. The molecule has 0 radical (unpaired) electrons. The average molecular weight is 322 g/mol. The smallest absolute Gasteiger partial charge is 0.170 e. The molecule has 1 aromatic carbocycles. The van der Waals surface area contributed by atoms with Crippen LogP contribution in [0.5, 0.6) is 5.75 Å². The molecule has 0 spiro atoms. The fourth-order valence-electron chi connectivity index (χ4n) is 2.55. The van der Waals surface area contributed by atoms with E-state index in [4.69, 9.17) is 25.2 Å². The Kier molecular flexibility index (Phi) is 5.49. The monoisotopic (exact) mass is 322 g/mol. The molecular formula is C17H26N2O4. The van der Waals surface area contributed by atoms with Crippen molar-refractivity contribution in [2.24, 2.45) is 16.8 Å². The predicted molar refractivity (Wildman–Crippen MR) is 88.0 cm³/mol. The summed E-state index contributed by atoms with van der Waals surface area (Å²) in [6, 6.07) is 3.76. The highest BCUT2D eigenvalue weighted by molar-refractivity contribution is 5.97. The first kappa shape index (κ1) is 17.6. The molecule has 0 bridgehead atoms. The number of benzene rings is 1. The van der Waals surface area contributed by atoms with Crippen LogP contribution in [0.2, 0.25) is 0 Å². The number of hydrogen-bond donors (Lipinski definition) is 2. The summed E-state index contributed by atoms with van der Waals surface area (Å²) < 4.78 is 17.3. The van der Waals surface area contributed by atoms with Gasteiger partial charge < -0.3 is 25.2 Å². The minimum atomic E-state index is -0.510. The topological polar surface area (TPSA) is 86.3 Å². The van der Waals surface area contributed by atoms with Gasteiger partial charge in [0.05, 0.1) is 19.8 Å². The molecule has 0 amide bonds. The van der Waals surface area contributed by atoms with Crippen molar-refractivity contribution in [2.45, 2.75) is 39.9 Å². The van der Waals surface area contributed by atoms with Gasteiger partial charge in [0.25, 0.3) is 0 Å². The van der Waals surface area contributed by atoms with Gasteiger partial charge in [-0.25, -0.2) is 0 Å². The summed E-state index contributed by atoms with van der Waals surface area (Å²) in [5.74, 6) is 0.650. The first-order chi connectivity index (χ1) is 10.9. The van der Waals surface area contributed by atoms with Gasteiger partial charge in [-0.3, -0.25) is 0 Å². The Morgan fingerprint density at radius 3 is 2.61 bits per heavy atom. The molecule has 0 aliphatic carbocycles. The van der Waals surface area contributed by atoms with Gasteiger partial charge in [-0.1, -0.05) is 12.1 Å². The van der Waals surface area contributed by atoms with E-state index in [0.717, 1.165) is 23.3 Å². The summed E-state index contributed by atoms with van der Waals surface area (Å²) in [5.41, 5.74) is 8.37. The lowest BCUT2D eigenvalue weighted by molar-refractivity contribution is -0.264. The largest absolute Gasteiger partial charge is 0.493 e. The van der Waals surface area contributed by atoms with Gasteiger partial charge in [0.15, 0.2) is 11.6 Å². The molecule has 6 nitrogen and oxygen atoms in total. The average Bonchev–Trinajstić information content (AvgIpc) is 2.53. The molecule has 0 unspecified atom stereocenters. The van der Waals surface area contributed by atoms with Crippen molar-refractivity contribution in [2.75, 3.05) is 19.8 Å². The van der Waals surface area contributed by atoms with Crippen molar-refractivity contribution in [1.29, 1.82) is 0 Å². The fraction of sp³-hybridized carbons (Fsp3) is 0.588. The molecule has 0 saturated carbocycles. The number of hydrogen-bond acceptors (Lipinski definition) is 5. The van der Waals surface area contributed by atoms with Crippen LogP contribution in [-0.4, -0.2) is 36.7 Å². The molecule has 6 heteroatoms. The van der Waals surface area contributed by atoms with E-state index in [9.17, 15) is 0 Å². The van der Waals surface area contributed by atoms with Crippen LogP contribution in [0.25, 0.3) is 0 Å². The summed E-state index contributed by atoms with van der Waals surface area (Å²) in [7, 11) is 0. The van der Waals surface area contributed by atoms with Crippen molar-refractivity contribution in [3.63, 3.8) is 0 Å². The molecule has 128 valence electrons. The summed E-state index contributed by atoms with van der Waals surface area (Å²) in [6.07, 6.45) is 0.799. The molecule has 1 aromatic rings. The maximum atomic E-state index is 8.83. The molecule has 1 heterocycles. The van der Waals surface area contributed by atoms with Gasteiger partial charge in [0, 0.05) is 11.5 Å². The molecule has 1 aliphatic heterocycles. The third kappa shape index (κ3) is 4.36. The first-order valence-corrected chi connectivity index (χ1v) is 7.88. The van der Waals surface area contributed by atoms with E-state index in [1.54, 1.807) is 0 Å². The summed E-state index contributed by atoms with van der Waals surface area (Å²) >= 11 is 0. The van der Waals surface area contributed by atoms with Crippen LogP contribution >= 0.6 is 0 Å². The zero-order valence-electron chi connectivity index (χ0n) is 14.3. The van der Waals surface area contributed by atoms with E-state index in [-0.39, 0.29) is 11.8 Å². The molecule has 0 aromatic heterocycles. The Balaban J connectivity index is 2.08. The standard InChI is InChI=1S/C17H26N2O4/c1-5-13-7-14(16(18)19-20)6-11(2)15(13)21-8-12-9-22-17(3,4)23-10-12/h6-7,12,20H,5,8-10H2,1-4H3,(H2,18,19). The highest BCUT2D eigenvalue weighted by Crippen LogP contribution is 2.28. The molecular weight excluding hydrogens is 296 g/mol. The van der Waals surface area contributed by atoms with Crippen LogP contribution in [0.4, 0.5) is 0 Å². The van der Waals surface area contributed by atoms with Crippen LogP contribution < -0.4 is 10.5 Å². The summed E-state index contributed by atoms with van der Waals surface area (Å²) in [6.45, 7) is 9.61. The fourth-order valence-corrected chi connectivity index (χ4v) is 2.55. The lowest BCUT2D eigenvalue weighted by Crippen LogP contribution is -2.41. The molecule has 3 N–H and O–H groups in total. The molecule has 1 saturated heterocycles. The highest BCUT2D eigenvalue weighted by atomic mass is 16.7. The number of rotatable bonds is 5. The van der Waals surface area contributed by atoms with Gasteiger partial charge in [0.1, 0.15) is 5.75 Å². The molecule has 1 aliphatic rings. The van der Waals surface area contributed by atoms with E-state index in [0.29, 0.717) is 25.4 Å². The number of amidine groups is 1. The van der Waals surface area contributed by atoms with Gasteiger partial charge >= 0.3 is 0 Å². The molecule has 1 fully saturated rings. The number of nitrogens with zero attached hydrogens (tertiary/aromatic N) is 1. The molecule has 2 rings (SSSR count). The van der Waals surface area contributed by atoms with Gasteiger partial charge in [-0.05, 0) is 50.5 Å². The minimum absolute atomic E-state index is 0.102. The number of nitrogens with two attached hydrogens (primary N) is 1. The Bertz CT molecular complexity index is 574. The van der Waals surface area contributed by atoms with Crippen LogP contribution in [0.15, 0.2) is 17.3 Å². The number of aryl methyl sites for hydroxylation is 2. The van der Waals surface area contributed by atoms with E-state index in [2.05, 4.69) is 5.16 Å². The lowest BCUT2D eigenvalue weighted by atomic mass is 10.0. The van der Waals surface area contributed by atoms with Crippen LogP contribution in [-0.2, 0) is 15.9 Å².